The van der Waals surface area contributed by atoms with Crippen LogP contribution in [0.2, 0.25) is 0 Å². The number of fused-ring (bicyclic) bond motifs is 2. The molecule has 0 spiro atoms. The van der Waals surface area contributed by atoms with Crippen molar-refractivity contribution in [1.29, 1.82) is 0 Å². The van der Waals surface area contributed by atoms with Gasteiger partial charge in [-0.2, -0.15) is 0 Å². The normalized spacial score (nSPS) is 11.7. The molecule has 0 unspecified atom stereocenters. The predicted octanol–water partition coefficient (Wildman–Crippen LogP) is 2.60. The number of carboxylic acid groups (broad SMARTS) is 1. The highest BCUT2D eigenvalue weighted by Crippen LogP contribution is 2.33. The van der Waals surface area contributed by atoms with Gasteiger partial charge in [0.2, 0.25) is 20.0 Å². The minimum atomic E-state index is -3.32. The van der Waals surface area contributed by atoms with Gasteiger partial charge in [0.05, 0.1) is 19.6 Å². The van der Waals surface area contributed by atoms with Crippen LogP contribution in [-0.4, -0.2) is 66.7 Å². The van der Waals surface area contributed by atoms with E-state index in [1.165, 1.54) is 7.11 Å². The van der Waals surface area contributed by atoms with Crippen LogP contribution in [-0.2, 0) is 47.5 Å². The Balaban J connectivity index is 0.000000236. The number of nitrogens with one attached hydrogen (secondary N) is 2. The van der Waals surface area contributed by atoms with Crippen molar-refractivity contribution >= 4 is 53.9 Å². The first-order valence-electron chi connectivity index (χ1n) is 12.5. The number of para-hydroxylation sites is 2. The fourth-order valence-electron chi connectivity index (χ4n) is 3.93. The zero-order chi connectivity index (χ0) is 31.9. The van der Waals surface area contributed by atoms with E-state index >= 15 is 0 Å². The highest BCUT2D eigenvalue weighted by Gasteiger charge is 2.18. The number of ether oxygens (including phenoxy) is 3. The standard InChI is InChI=1S/C14H17NO6S.C13H15NO6S/c1-9-11(7-15-22(3,17)18)10-5-4-6-12(14(10)21-9)20-8-13(16)19-2;1-8-10(6-14-21(2,17)18)9-4-3-5-11(13(9)20-8)19-7-12(15)16/h4-6,15H,7-8H2,1-3H3;3-5,14H,6-7H2,1-2H3,(H,15,16). The molecular formula is C27H32N2O12S2. The van der Waals surface area contributed by atoms with Gasteiger partial charge in [0.15, 0.2) is 35.9 Å². The molecule has 4 rings (SSSR count). The van der Waals surface area contributed by atoms with Gasteiger partial charge in [0, 0.05) is 35.0 Å². The number of esters is 1. The van der Waals surface area contributed by atoms with Crippen LogP contribution in [0.3, 0.4) is 0 Å². The van der Waals surface area contributed by atoms with Gasteiger partial charge in [-0.05, 0) is 26.0 Å². The second kappa shape index (κ2) is 13.9. The number of furan rings is 2. The topological polar surface area (TPSA) is 201 Å². The van der Waals surface area contributed by atoms with Crippen LogP contribution >= 0.6 is 0 Å². The number of hydrogen-bond donors (Lipinski definition) is 3. The minimum absolute atomic E-state index is 0.0973. The van der Waals surface area contributed by atoms with Crippen LogP contribution in [0.4, 0.5) is 0 Å². The molecule has 0 saturated heterocycles. The Bertz CT molecular complexity index is 1840. The number of aryl methyl sites for hydroxylation is 2. The molecule has 4 aromatic rings. The first kappa shape index (κ1) is 33.4. The molecule has 0 saturated carbocycles. The highest BCUT2D eigenvalue weighted by molar-refractivity contribution is 7.88. The average Bonchev–Trinajstić information content (AvgIpc) is 3.42. The number of methoxy groups -OCH3 is 1. The summed E-state index contributed by atoms with van der Waals surface area (Å²) >= 11 is 0. The van der Waals surface area contributed by atoms with Gasteiger partial charge in [-0.25, -0.2) is 35.9 Å². The largest absolute Gasteiger partial charge is 0.479 e. The quantitative estimate of drug-likeness (QED) is 0.191. The van der Waals surface area contributed by atoms with Crippen LogP contribution in [0.15, 0.2) is 45.2 Å². The van der Waals surface area contributed by atoms with Gasteiger partial charge >= 0.3 is 11.9 Å². The van der Waals surface area contributed by atoms with Crippen molar-refractivity contribution in [2.45, 2.75) is 26.9 Å². The van der Waals surface area contributed by atoms with E-state index in [0.29, 0.717) is 45.1 Å². The van der Waals surface area contributed by atoms with Crippen molar-refractivity contribution in [2.75, 3.05) is 32.8 Å². The molecule has 14 nitrogen and oxygen atoms in total. The van der Waals surface area contributed by atoms with Crippen molar-refractivity contribution in [1.82, 2.24) is 9.44 Å². The van der Waals surface area contributed by atoms with E-state index in [4.69, 9.17) is 23.4 Å². The van der Waals surface area contributed by atoms with Gasteiger partial charge < -0.3 is 28.2 Å². The van der Waals surface area contributed by atoms with E-state index in [0.717, 1.165) is 23.5 Å². The Morgan fingerprint density at radius 2 is 1.19 bits per heavy atom. The predicted molar refractivity (Wildman–Crippen MR) is 156 cm³/mol. The third-order valence-corrected chi connectivity index (χ3v) is 7.25. The molecule has 0 fully saturated rings. The summed E-state index contributed by atoms with van der Waals surface area (Å²) in [5.74, 6) is 0.251. The molecule has 0 aliphatic rings. The molecule has 0 bridgehead atoms. The second-order valence-electron chi connectivity index (χ2n) is 9.27. The van der Waals surface area contributed by atoms with Crippen molar-refractivity contribution in [3.8, 4) is 11.5 Å². The third kappa shape index (κ3) is 9.44. The molecular weight excluding hydrogens is 608 g/mol. The van der Waals surface area contributed by atoms with E-state index in [2.05, 4.69) is 14.2 Å². The molecule has 2 aromatic carbocycles. The van der Waals surface area contributed by atoms with Crippen LogP contribution < -0.4 is 18.9 Å². The van der Waals surface area contributed by atoms with E-state index in [9.17, 15) is 26.4 Å². The van der Waals surface area contributed by atoms with Crippen LogP contribution in [0.5, 0.6) is 11.5 Å². The number of aliphatic carboxylic acids is 1. The van der Waals surface area contributed by atoms with Gasteiger partial charge in [0.1, 0.15) is 11.5 Å². The summed E-state index contributed by atoms with van der Waals surface area (Å²) < 4.78 is 76.0. The fourth-order valence-corrected chi connectivity index (χ4v) is 4.75. The molecule has 43 heavy (non-hydrogen) atoms. The number of carbonyl (C=O) groups is 2. The Morgan fingerprint density at radius 1 is 0.767 bits per heavy atom. The summed E-state index contributed by atoms with van der Waals surface area (Å²) in [7, 11) is -5.35. The average molecular weight is 641 g/mol. The van der Waals surface area contributed by atoms with Crippen molar-refractivity contribution in [3.63, 3.8) is 0 Å². The Labute approximate surface area is 248 Å². The van der Waals surface area contributed by atoms with Gasteiger partial charge in [0.25, 0.3) is 0 Å². The lowest BCUT2D eigenvalue weighted by Crippen LogP contribution is -2.21. The Morgan fingerprint density at radius 3 is 1.56 bits per heavy atom. The summed E-state index contributed by atoms with van der Waals surface area (Å²) in [6, 6.07) is 10.3. The van der Waals surface area contributed by atoms with Crippen LogP contribution in [0, 0.1) is 13.8 Å². The monoisotopic (exact) mass is 640 g/mol. The summed E-state index contributed by atoms with van der Waals surface area (Å²) in [5.41, 5.74) is 2.29. The van der Waals surface area contributed by atoms with Crippen molar-refractivity contribution < 1.29 is 54.6 Å². The zero-order valence-corrected chi connectivity index (χ0v) is 25.7. The van der Waals surface area contributed by atoms with Crippen LogP contribution in [0.25, 0.3) is 21.9 Å². The number of carboxylic acids is 1. The SMILES string of the molecule is COC(=O)COc1cccc2c(CNS(C)(=O)=O)c(C)oc12.Cc1oc2c(OCC(=O)O)cccc2c1CNS(C)(=O)=O. The summed E-state index contributed by atoms with van der Waals surface area (Å²) in [6.07, 6.45) is 2.17. The maximum atomic E-state index is 11.2. The summed E-state index contributed by atoms with van der Waals surface area (Å²) in [5, 5.41) is 10.1. The zero-order valence-electron chi connectivity index (χ0n) is 24.0. The van der Waals surface area contributed by atoms with Crippen LogP contribution in [0.1, 0.15) is 22.6 Å². The molecule has 0 aliphatic carbocycles. The molecule has 0 radical (unpaired) electrons. The lowest BCUT2D eigenvalue weighted by atomic mass is 10.1. The lowest BCUT2D eigenvalue weighted by molar-refractivity contribution is -0.143. The number of carbonyl (C=O) groups excluding carboxylic acids is 1. The minimum Gasteiger partial charge on any atom is -0.479 e. The third-order valence-electron chi connectivity index (χ3n) is 5.91. The molecule has 234 valence electrons. The molecule has 0 aliphatic heterocycles. The van der Waals surface area contributed by atoms with E-state index in [1.54, 1.807) is 50.2 Å². The molecule has 0 amide bonds. The Hall–Kier alpha value is -4.12. The number of sulfonamides is 2. The van der Waals surface area contributed by atoms with E-state index in [-0.39, 0.29) is 19.7 Å². The lowest BCUT2D eigenvalue weighted by Gasteiger charge is -2.05. The first-order valence-corrected chi connectivity index (χ1v) is 16.3. The maximum absolute atomic E-state index is 11.2. The first-order chi connectivity index (χ1) is 20.1. The smallest absolute Gasteiger partial charge is 0.343 e. The van der Waals surface area contributed by atoms with Gasteiger partial charge in [-0.3, -0.25) is 0 Å². The highest BCUT2D eigenvalue weighted by atomic mass is 32.2. The van der Waals surface area contributed by atoms with E-state index < -0.39 is 38.6 Å². The number of hydrogen-bond acceptors (Lipinski definition) is 11. The maximum Gasteiger partial charge on any atom is 0.343 e. The number of benzene rings is 2. The van der Waals surface area contributed by atoms with Gasteiger partial charge in [-0.1, -0.05) is 24.3 Å². The second-order valence-corrected chi connectivity index (χ2v) is 12.9. The molecule has 16 heteroatoms. The summed E-state index contributed by atoms with van der Waals surface area (Å²) in [6.45, 7) is 2.96. The molecule has 3 N–H and O–H groups in total. The van der Waals surface area contributed by atoms with Gasteiger partial charge in [-0.15, -0.1) is 0 Å². The molecule has 2 heterocycles. The van der Waals surface area contributed by atoms with Crippen molar-refractivity contribution in [2.24, 2.45) is 0 Å². The summed E-state index contributed by atoms with van der Waals surface area (Å²) in [4.78, 5) is 21.7. The fraction of sp³-hybridized carbons (Fsp3) is 0.333. The molecule has 2 aromatic heterocycles. The Kier molecular flexibility index (Phi) is 10.8. The van der Waals surface area contributed by atoms with Crippen molar-refractivity contribution in [3.05, 3.63) is 59.0 Å². The number of rotatable bonds is 12. The van der Waals surface area contributed by atoms with E-state index in [1.807, 2.05) is 0 Å². The molecule has 0 atom stereocenters.